The summed E-state index contributed by atoms with van der Waals surface area (Å²) in [5, 5.41) is 3.02. The number of aryl methyl sites for hydroxylation is 3. The van der Waals surface area contributed by atoms with Crippen molar-refractivity contribution in [1.29, 1.82) is 0 Å². The number of anilines is 2. The van der Waals surface area contributed by atoms with E-state index in [1.807, 2.05) is 50.2 Å². The van der Waals surface area contributed by atoms with E-state index in [2.05, 4.69) is 26.1 Å². The summed E-state index contributed by atoms with van der Waals surface area (Å²) in [4.78, 5) is 26.8. The molecule has 0 aliphatic carbocycles. The van der Waals surface area contributed by atoms with Crippen molar-refractivity contribution in [3.8, 4) is 0 Å². The van der Waals surface area contributed by atoms with Crippen LogP contribution in [0.3, 0.4) is 0 Å². The lowest BCUT2D eigenvalue weighted by Crippen LogP contribution is -2.38. The van der Waals surface area contributed by atoms with Crippen molar-refractivity contribution in [3.05, 3.63) is 58.7 Å². The van der Waals surface area contributed by atoms with E-state index in [4.69, 9.17) is 0 Å². The van der Waals surface area contributed by atoms with Gasteiger partial charge in [-0.25, -0.2) is 0 Å². The minimum atomic E-state index is -0.188. The quantitative estimate of drug-likeness (QED) is 0.784. The van der Waals surface area contributed by atoms with Crippen LogP contribution >= 0.6 is 0 Å². The SMILES string of the molecule is CCc1cccc(C)c1NC(=O)CN(C(C)=O)c1c(C)cccc1C(C)C. The molecule has 27 heavy (non-hydrogen) atoms. The van der Waals surface area contributed by atoms with Crippen molar-refractivity contribution in [1.82, 2.24) is 0 Å². The van der Waals surface area contributed by atoms with Gasteiger partial charge in [-0.2, -0.15) is 0 Å². The fourth-order valence-corrected chi connectivity index (χ4v) is 3.39. The lowest BCUT2D eigenvalue weighted by Gasteiger charge is -2.27. The summed E-state index contributed by atoms with van der Waals surface area (Å²) < 4.78 is 0. The molecule has 2 aromatic carbocycles. The molecule has 0 heterocycles. The normalized spacial score (nSPS) is 10.8. The average molecular weight is 367 g/mol. The van der Waals surface area contributed by atoms with Gasteiger partial charge in [0.25, 0.3) is 0 Å². The van der Waals surface area contributed by atoms with Crippen LogP contribution in [0.25, 0.3) is 0 Å². The highest BCUT2D eigenvalue weighted by molar-refractivity contribution is 6.03. The van der Waals surface area contributed by atoms with E-state index < -0.39 is 0 Å². The van der Waals surface area contributed by atoms with E-state index in [1.54, 1.807) is 4.90 Å². The lowest BCUT2D eigenvalue weighted by molar-refractivity contribution is -0.120. The van der Waals surface area contributed by atoms with Gasteiger partial charge in [-0.05, 0) is 48.4 Å². The molecule has 0 saturated carbocycles. The molecule has 0 aliphatic heterocycles. The first-order chi connectivity index (χ1) is 12.8. The van der Waals surface area contributed by atoms with Gasteiger partial charge in [0.15, 0.2) is 0 Å². The molecular formula is C23H30N2O2. The number of hydrogen-bond acceptors (Lipinski definition) is 2. The van der Waals surface area contributed by atoms with Crippen LogP contribution in [0.1, 0.15) is 55.9 Å². The number of carbonyl (C=O) groups is 2. The molecule has 0 aromatic heterocycles. The molecule has 0 bridgehead atoms. The monoisotopic (exact) mass is 366 g/mol. The predicted octanol–water partition coefficient (Wildman–Crippen LogP) is 4.98. The Morgan fingerprint density at radius 1 is 1.04 bits per heavy atom. The van der Waals surface area contributed by atoms with E-state index >= 15 is 0 Å². The van der Waals surface area contributed by atoms with Crippen molar-refractivity contribution in [2.75, 3.05) is 16.8 Å². The Morgan fingerprint density at radius 2 is 1.67 bits per heavy atom. The molecule has 2 aromatic rings. The Kier molecular flexibility index (Phi) is 6.78. The third-order valence-corrected chi connectivity index (χ3v) is 4.85. The molecule has 4 nitrogen and oxygen atoms in total. The topological polar surface area (TPSA) is 49.4 Å². The maximum Gasteiger partial charge on any atom is 0.244 e. The van der Waals surface area contributed by atoms with E-state index in [9.17, 15) is 9.59 Å². The molecule has 0 aliphatic rings. The Hall–Kier alpha value is -2.62. The molecule has 144 valence electrons. The molecular weight excluding hydrogens is 336 g/mol. The highest BCUT2D eigenvalue weighted by atomic mass is 16.2. The fourth-order valence-electron chi connectivity index (χ4n) is 3.39. The van der Waals surface area contributed by atoms with Crippen molar-refractivity contribution >= 4 is 23.2 Å². The maximum absolute atomic E-state index is 12.8. The number of nitrogens with one attached hydrogen (secondary N) is 1. The van der Waals surface area contributed by atoms with Crippen LogP contribution in [-0.4, -0.2) is 18.4 Å². The number of nitrogens with zero attached hydrogens (tertiary/aromatic N) is 1. The van der Waals surface area contributed by atoms with Crippen LogP contribution in [-0.2, 0) is 16.0 Å². The van der Waals surface area contributed by atoms with Gasteiger partial charge in [-0.15, -0.1) is 0 Å². The van der Waals surface area contributed by atoms with Gasteiger partial charge in [-0.3, -0.25) is 9.59 Å². The summed E-state index contributed by atoms with van der Waals surface area (Å²) in [6.07, 6.45) is 0.836. The zero-order valence-electron chi connectivity index (χ0n) is 17.2. The molecule has 0 unspecified atom stereocenters. The van der Waals surface area contributed by atoms with Crippen LogP contribution in [0.15, 0.2) is 36.4 Å². The zero-order valence-corrected chi connectivity index (χ0v) is 17.2. The van der Waals surface area contributed by atoms with Crippen LogP contribution < -0.4 is 10.2 Å². The summed E-state index contributed by atoms with van der Waals surface area (Å²) >= 11 is 0. The highest BCUT2D eigenvalue weighted by Crippen LogP contribution is 2.31. The van der Waals surface area contributed by atoms with Gasteiger partial charge in [0.2, 0.25) is 11.8 Å². The molecule has 1 N–H and O–H groups in total. The van der Waals surface area contributed by atoms with Gasteiger partial charge in [0.05, 0.1) is 5.69 Å². The van der Waals surface area contributed by atoms with E-state index in [0.717, 1.165) is 40.0 Å². The Balaban J connectivity index is 2.34. The molecule has 0 fully saturated rings. The van der Waals surface area contributed by atoms with Crippen molar-refractivity contribution in [3.63, 3.8) is 0 Å². The first-order valence-electron chi connectivity index (χ1n) is 9.52. The fraction of sp³-hybridized carbons (Fsp3) is 0.391. The molecule has 0 saturated heterocycles. The van der Waals surface area contributed by atoms with Gasteiger partial charge >= 0.3 is 0 Å². The molecule has 0 spiro atoms. The third-order valence-electron chi connectivity index (χ3n) is 4.85. The van der Waals surface area contributed by atoms with Crippen LogP contribution in [0.2, 0.25) is 0 Å². The summed E-state index contributed by atoms with van der Waals surface area (Å²) in [7, 11) is 0. The molecule has 0 radical (unpaired) electrons. The summed E-state index contributed by atoms with van der Waals surface area (Å²) in [5.41, 5.74) is 5.88. The Morgan fingerprint density at radius 3 is 2.26 bits per heavy atom. The van der Waals surface area contributed by atoms with Gasteiger partial charge in [0, 0.05) is 12.6 Å². The van der Waals surface area contributed by atoms with Gasteiger partial charge in [0.1, 0.15) is 6.54 Å². The second-order valence-corrected chi connectivity index (χ2v) is 7.28. The second-order valence-electron chi connectivity index (χ2n) is 7.28. The average Bonchev–Trinajstić information content (AvgIpc) is 2.61. The molecule has 2 amide bonds. The summed E-state index contributed by atoms with van der Waals surface area (Å²) in [6, 6.07) is 12.0. The van der Waals surface area contributed by atoms with E-state index in [0.29, 0.717) is 0 Å². The molecule has 0 atom stereocenters. The zero-order chi connectivity index (χ0) is 20.1. The standard InChI is InChI=1S/C23H30N2O2/c1-7-19-12-8-10-16(4)22(19)24-21(27)14-25(18(6)26)23-17(5)11-9-13-20(23)15(2)3/h8-13,15H,7,14H2,1-6H3,(H,24,27). The lowest BCUT2D eigenvalue weighted by atomic mass is 9.97. The largest absolute Gasteiger partial charge is 0.324 e. The van der Waals surface area contributed by atoms with Crippen LogP contribution in [0.5, 0.6) is 0 Å². The number of rotatable bonds is 6. The van der Waals surface area contributed by atoms with Crippen molar-refractivity contribution in [2.45, 2.75) is 53.9 Å². The van der Waals surface area contributed by atoms with E-state index in [-0.39, 0.29) is 24.3 Å². The number of benzene rings is 2. The first kappa shape index (κ1) is 20.7. The van der Waals surface area contributed by atoms with Crippen LogP contribution in [0.4, 0.5) is 11.4 Å². The third kappa shape index (κ3) is 4.76. The minimum absolute atomic E-state index is 0.00258. The number of para-hydroxylation sites is 2. The highest BCUT2D eigenvalue weighted by Gasteiger charge is 2.22. The second kappa shape index (κ2) is 8.85. The number of hydrogen-bond donors (Lipinski definition) is 1. The maximum atomic E-state index is 12.8. The van der Waals surface area contributed by atoms with Crippen LogP contribution in [0, 0.1) is 13.8 Å². The Labute approximate surface area is 162 Å². The van der Waals surface area contributed by atoms with Crippen molar-refractivity contribution in [2.24, 2.45) is 0 Å². The summed E-state index contributed by atoms with van der Waals surface area (Å²) in [6.45, 7) is 11.7. The predicted molar refractivity (Wildman–Crippen MR) is 112 cm³/mol. The smallest absolute Gasteiger partial charge is 0.244 e. The molecule has 2 rings (SSSR count). The number of amides is 2. The number of carbonyl (C=O) groups excluding carboxylic acids is 2. The molecule has 4 heteroatoms. The minimum Gasteiger partial charge on any atom is -0.324 e. The van der Waals surface area contributed by atoms with Gasteiger partial charge < -0.3 is 10.2 Å². The van der Waals surface area contributed by atoms with E-state index in [1.165, 1.54) is 6.92 Å². The van der Waals surface area contributed by atoms with Crippen molar-refractivity contribution < 1.29 is 9.59 Å². The summed E-state index contributed by atoms with van der Waals surface area (Å²) in [5.74, 6) is -0.0677. The van der Waals surface area contributed by atoms with Gasteiger partial charge in [-0.1, -0.05) is 57.2 Å². The first-order valence-corrected chi connectivity index (χ1v) is 9.52. The Bertz CT molecular complexity index is 840.